The van der Waals surface area contributed by atoms with Crippen LogP contribution in [0.25, 0.3) is 0 Å². The van der Waals surface area contributed by atoms with Crippen molar-refractivity contribution in [3.05, 3.63) is 75.3 Å². The number of nitrogens with one attached hydrogen (secondary N) is 2. The zero-order valence-corrected chi connectivity index (χ0v) is 11.3. The van der Waals surface area contributed by atoms with Gasteiger partial charge in [0.05, 0.1) is 4.92 Å². The summed E-state index contributed by atoms with van der Waals surface area (Å²) >= 11 is 0. The standard InChI is InChI=1S/C15H13N3O3/c1-10-7-8-13(18(20)21)12(9-10)15(19)17-14(16)11-5-3-2-4-6-11/h2-9H,1H3,(H2,16,17,19). The highest BCUT2D eigenvalue weighted by atomic mass is 16.6. The number of carbonyl (C=O) groups excluding carboxylic acids is 1. The first-order valence-electron chi connectivity index (χ1n) is 6.19. The van der Waals surface area contributed by atoms with Crippen LogP contribution in [0.2, 0.25) is 0 Å². The van der Waals surface area contributed by atoms with Crippen LogP contribution < -0.4 is 5.32 Å². The molecule has 2 aromatic carbocycles. The predicted octanol–water partition coefficient (Wildman–Crippen LogP) is 2.66. The molecule has 0 atom stereocenters. The highest BCUT2D eigenvalue weighted by Crippen LogP contribution is 2.19. The van der Waals surface area contributed by atoms with Crippen molar-refractivity contribution in [2.24, 2.45) is 0 Å². The van der Waals surface area contributed by atoms with Gasteiger partial charge in [0.1, 0.15) is 11.4 Å². The van der Waals surface area contributed by atoms with Gasteiger partial charge in [0, 0.05) is 11.6 Å². The summed E-state index contributed by atoms with van der Waals surface area (Å²) < 4.78 is 0. The van der Waals surface area contributed by atoms with Crippen LogP contribution in [0.1, 0.15) is 21.5 Å². The van der Waals surface area contributed by atoms with Crippen molar-refractivity contribution in [1.29, 1.82) is 5.41 Å². The van der Waals surface area contributed by atoms with Crippen molar-refractivity contribution in [3.8, 4) is 0 Å². The molecule has 0 fully saturated rings. The Bertz CT molecular complexity index is 711. The van der Waals surface area contributed by atoms with Crippen molar-refractivity contribution in [2.45, 2.75) is 6.92 Å². The lowest BCUT2D eigenvalue weighted by atomic mass is 10.1. The zero-order chi connectivity index (χ0) is 15.4. The first-order valence-corrected chi connectivity index (χ1v) is 6.19. The minimum absolute atomic E-state index is 0.0549. The second-order valence-corrected chi connectivity index (χ2v) is 4.47. The molecule has 0 aliphatic heterocycles. The van der Waals surface area contributed by atoms with Crippen LogP contribution in [0, 0.1) is 22.4 Å². The van der Waals surface area contributed by atoms with Crippen LogP contribution in [0.3, 0.4) is 0 Å². The number of aryl methyl sites for hydroxylation is 1. The lowest BCUT2D eigenvalue weighted by Gasteiger charge is -2.08. The Morgan fingerprint density at radius 2 is 1.86 bits per heavy atom. The molecule has 1 amide bonds. The lowest BCUT2D eigenvalue weighted by Crippen LogP contribution is -2.31. The first kappa shape index (κ1) is 14.4. The molecule has 6 nitrogen and oxygen atoms in total. The number of hydrogen-bond donors (Lipinski definition) is 2. The molecule has 0 radical (unpaired) electrons. The number of nitrogens with zero attached hydrogens (tertiary/aromatic N) is 1. The van der Waals surface area contributed by atoms with E-state index in [9.17, 15) is 14.9 Å². The predicted molar refractivity (Wildman–Crippen MR) is 78.6 cm³/mol. The van der Waals surface area contributed by atoms with E-state index in [1.165, 1.54) is 12.1 Å². The number of hydrogen-bond acceptors (Lipinski definition) is 4. The summed E-state index contributed by atoms with van der Waals surface area (Å²) in [5, 5.41) is 21.2. The van der Waals surface area contributed by atoms with Crippen LogP contribution in [-0.4, -0.2) is 16.7 Å². The maximum absolute atomic E-state index is 12.1. The van der Waals surface area contributed by atoms with E-state index in [1.807, 2.05) is 0 Å². The van der Waals surface area contributed by atoms with E-state index >= 15 is 0 Å². The van der Waals surface area contributed by atoms with E-state index in [0.717, 1.165) is 5.56 Å². The fourth-order valence-electron chi connectivity index (χ4n) is 1.85. The summed E-state index contributed by atoms with van der Waals surface area (Å²) in [4.78, 5) is 22.5. The molecule has 0 spiro atoms. The minimum Gasteiger partial charge on any atom is -0.306 e. The molecule has 21 heavy (non-hydrogen) atoms. The monoisotopic (exact) mass is 283 g/mol. The Morgan fingerprint density at radius 3 is 2.48 bits per heavy atom. The third-order valence-corrected chi connectivity index (χ3v) is 2.89. The number of nitro groups is 1. The van der Waals surface area contributed by atoms with Crippen molar-refractivity contribution in [3.63, 3.8) is 0 Å². The van der Waals surface area contributed by atoms with Gasteiger partial charge < -0.3 is 5.32 Å². The molecular weight excluding hydrogens is 270 g/mol. The second kappa shape index (κ2) is 5.96. The molecule has 0 bridgehead atoms. The molecule has 0 aliphatic carbocycles. The second-order valence-electron chi connectivity index (χ2n) is 4.47. The van der Waals surface area contributed by atoms with Gasteiger partial charge in [-0.25, -0.2) is 0 Å². The van der Waals surface area contributed by atoms with Gasteiger partial charge in [-0.15, -0.1) is 0 Å². The van der Waals surface area contributed by atoms with Gasteiger partial charge >= 0.3 is 0 Å². The third-order valence-electron chi connectivity index (χ3n) is 2.89. The van der Waals surface area contributed by atoms with E-state index in [2.05, 4.69) is 5.32 Å². The van der Waals surface area contributed by atoms with Crippen LogP contribution in [0.15, 0.2) is 48.5 Å². The number of nitro benzene ring substituents is 1. The third kappa shape index (κ3) is 3.30. The minimum atomic E-state index is -0.667. The Morgan fingerprint density at radius 1 is 1.19 bits per heavy atom. The highest BCUT2D eigenvalue weighted by Gasteiger charge is 2.21. The Balaban J connectivity index is 2.27. The van der Waals surface area contributed by atoms with Crippen LogP contribution >= 0.6 is 0 Å². The van der Waals surface area contributed by atoms with Gasteiger partial charge in [-0.1, -0.05) is 36.4 Å². The largest absolute Gasteiger partial charge is 0.306 e. The van der Waals surface area contributed by atoms with Gasteiger partial charge in [-0.05, 0) is 18.6 Å². The van der Waals surface area contributed by atoms with E-state index in [1.54, 1.807) is 43.3 Å². The average Bonchev–Trinajstić information content (AvgIpc) is 2.47. The molecule has 0 heterocycles. The van der Waals surface area contributed by atoms with Gasteiger partial charge in [0.15, 0.2) is 0 Å². The summed E-state index contributed by atoms with van der Waals surface area (Å²) in [6, 6.07) is 12.9. The molecule has 0 aromatic heterocycles. The summed E-state index contributed by atoms with van der Waals surface area (Å²) in [6.07, 6.45) is 0. The number of rotatable bonds is 3. The zero-order valence-electron chi connectivity index (χ0n) is 11.3. The molecule has 0 saturated heterocycles. The van der Waals surface area contributed by atoms with Crippen molar-refractivity contribution in [1.82, 2.24) is 5.32 Å². The van der Waals surface area contributed by atoms with Gasteiger partial charge in [-0.3, -0.25) is 20.3 Å². The molecule has 2 N–H and O–H groups in total. The summed E-state index contributed by atoms with van der Waals surface area (Å²) in [7, 11) is 0. The van der Waals surface area contributed by atoms with Crippen LogP contribution in [0.4, 0.5) is 5.69 Å². The Kier molecular flexibility index (Phi) is 4.08. The van der Waals surface area contributed by atoms with E-state index in [4.69, 9.17) is 5.41 Å². The maximum atomic E-state index is 12.1. The maximum Gasteiger partial charge on any atom is 0.282 e. The fraction of sp³-hybridized carbons (Fsp3) is 0.0667. The molecule has 2 rings (SSSR count). The molecule has 0 saturated carbocycles. The van der Waals surface area contributed by atoms with Crippen molar-refractivity contribution < 1.29 is 9.72 Å². The van der Waals surface area contributed by atoms with E-state index in [0.29, 0.717) is 5.56 Å². The van der Waals surface area contributed by atoms with Gasteiger partial charge in [-0.2, -0.15) is 0 Å². The molecule has 0 unspecified atom stereocenters. The summed E-state index contributed by atoms with van der Waals surface area (Å²) in [6.45, 7) is 1.74. The number of carbonyl (C=O) groups is 1. The molecule has 106 valence electrons. The first-order chi connectivity index (χ1) is 9.99. The number of amidine groups is 1. The highest BCUT2D eigenvalue weighted by molar-refractivity contribution is 6.12. The molecule has 0 aliphatic rings. The lowest BCUT2D eigenvalue weighted by molar-refractivity contribution is -0.385. The molecular formula is C15H13N3O3. The van der Waals surface area contributed by atoms with Crippen molar-refractivity contribution >= 4 is 17.4 Å². The van der Waals surface area contributed by atoms with E-state index < -0.39 is 10.8 Å². The van der Waals surface area contributed by atoms with E-state index in [-0.39, 0.29) is 17.1 Å². The van der Waals surface area contributed by atoms with Crippen LogP contribution in [-0.2, 0) is 0 Å². The normalized spacial score (nSPS) is 9.95. The Hall–Kier alpha value is -3.02. The average molecular weight is 283 g/mol. The molecule has 6 heteroatoms. The number of amides is 1. The van der Waals surface area contributed by atoms with Crippen LogP contribution in [0.5, 0.6) is 0 Å². The van der Waals surface area contributed by atoms with Gasteiger partial charge in [0.2, 0.25) is 0 Å². The molecule has 2 aromatic rings. The summed E-state index contributed by atoms with van der Waals surface area (Å²) in [5.74, 6) is -0.768. The smallest absolute Gasteiger partial charge is 0.282 e. The van der Waals surface area contributed by atoms with Crippen molar-refractivity contribution in [2.75, 3.05) is 0 Å². The fourth-order valence-corrected chi connectivity index (χ4v) is 1.85. The van der Waals surface area contributed by atoms with Gasteiger partial charge in [0.25, 0.3) is 11.6 Å². The number of benzene rings is 2. The Labute approximate surface area is 121 Å². The SMILES string of the molecule is Cc1ccc([N+](=O)[O-])c(C(=O)NC(=N)c2ccccc2)c1. The topological polar surface area (TPSA) is 96.1 Å². The summed E-state index contributed by atoms with van der Waals surface area (Å²) in [5.41, 5.74) is 0.929. The quantitative estimate of drug-likeness (QED) is 0.392.